The van der Waals surface area contributed by atoms with Crippen molar-refractivity contribution in [3.8, 4) is 0 Å². The Kier molecular flexibility index (Phi) is 4.92. The van der Waals surface area contributed by atoms with Crippen molar-refractivity contribution in [3.05, 3.63) is 28.8 Å². The molecule has 1 aliphatic rings. The number of hydrogen-bond donors (Lipinski definition) is 2. The Balaban J connectivity index is 2.17. The summed E-state index contributed by atoms with van der Waals surface area (Å²) in [4.78, 5) is 12.5. The summed E-state index contributed by atoms with van der Waals surface area (Å²) < 4.78 is 0. The number of nitrogens with one attached hydrogen (secondary N) is 2. The van der Waals surface area contributed by atoms with Crippen molar-refractivity contribution >= 4 is 23.2 Å². The van der Waals surface area contributed by atoms with Crippen molar-refractivity contribution < 1.29 is 4.79 Å². The van der Waals surface area contributed by atoms with Gasteiger partial charge in [0.05, 0.1) is 5.56 Å². The van der Waals surface area contributed by atoms with Crippen LogP contribution in [-0.4, -0.2) is 18.0 Å². The molecule has 1 aliphatic carbocycles. The quantitative estimate of drug-likeness (QED) is 0.853. The highest BCUT2D eigenvalue weighted by Crippen LogP contribution is 2.30. The molecule has 0 heterocycles. The molecule has 1 aromatic carbocycles. The number of anilines is 1. The molecule has 0 aliphatic heterocycles. The molecule has 2 N–H and O–H groups in total. The van der Waals surface area contributed by atoms with Crippen molar-refractivity contribution in [2.24, 2.45) is 0 Å². The van der Waals surface area contributed by atoms with Gasteiger partial charge in [-0.1, -0.05) is 31.4 Å². The van der Waals surface area contributed by atoms with Crippen LogP contribution in [0.2, 0.25) is 5.02 Å². The largest absolute Gasteiger partial charge is 0.384 e. The van der Waals surface area contributed by atoms with E-state index in [4.69, 9.17) is 11.6 Å². The van der Waals surface area contributed by atoms with E-state index in [9.17, 15) is 4.79 Å². The molecule has 1 amide bonds. The summed E-state index contributed by atoms with van der Waals surface area (Å²) in [6.07, 6.45) is 5.50. The second-order valence-electron chi connectivity index (χ2n) is 5.84. The normalized spacial score (nSPS) is 16.9. The molecule has 0 atom stereocenters. The van der Waals surface area contributed by atoms with Crippen molar-refractivity contribution in [3.63, 3.8) is 0 Å². The molecule has 2 rings (SSSR count). The van der Waals surface area contributed by atoms with Crippen LogP contribution in [0.4, 0.5) is 5.69 Å². The number of carbonyl (C=O) groups is 1. The van der Waals surface area contributed by atoms with Crippen molar-refractivity contribution in [1.29, 1.82) is 0 Å². The number of hydrogen-bond acceptors (Lipinski definition) is 2. The maximum atomic E-state index is 12.5. The van der Waals surface area contributed by atoms with Gasteiger partial charge in [-0.05, 0) is 44.4 Å². The molecule has 1 saturated carbocycles. The molecule has 3 nitrogen and oxygen atoms in total. The van der Waals surface area contributed by atoms with Gasteiger partial charge in [0.15, 0.2) is 0 Å². The Bertz CT molecular complexity index is 481. The Hall–Kier alpha value is -1.22. The minimum atomic E-state index is -0.0680. The number of carbonyl (C=O) groups excluding carboxylic acids is 1. The Morgan fingerprint density at radius 3 is 2.70 bits per heavy atom. The smallest absolute Gasteiger partial charge is 0.253 e. The molecular formula is C16H23ClN2O. The highest BCUT2D eigenvalue weighted by atomic mass is 35.5. The Morgan fingerprint density at radius 2 is 2.05 bits per heavy atom. The van der Waals surface area contributed by atoms with Crippen LogP contribution in [0.15, 0.2) is 18.2 Å². The monoisotopic (exact) mass is 294 g/mol. The topological polar surface area (TPSA) is 41.1 Å². The van der Waals surface area contributed by atoms with Crippen LogP contribution in [0, 0.1) is 0 Å². The maximum Gasteiger partial charge on any atom is 0.253 e. The third-order valence-corrected chi connectivity index (χ3v) is 4.15. The molecule has 1 fully saturated rings. The van der Waals surface area contributed by atoms with Crippen LogP contribution in [0.25, 0.3) is 0 Å². The van der Waals surface area contributed by atoms with Gasteiger partial charge < -0.3 is 10.6 Å². The molecule has 0 aromatic heterocycles. The Labute approximate surface area is 126 Å². The average Bonchev–Trinajstić information content (AvgIpc) is 2.83. The first-order chi connectivity index (χ1) is 9.54. The fraction of sp³-hybridized carbons (Fsp3) is 0.562. The van der Waals surface area contributed by atoms with E-state index < -0.39 is 0 Å². The molecule has 0 saturated heterocycles. The standard InChI is InChI=1S/C16H23ClN2O/c1-3-10-18-14-7-6-12(17)11-13(14)15(20)19-16(2)8-4-5-9-16/h6-7,11,18H,3-5,8-10H2,1-2H3,(H,19,20). The summed E-state index contributed by atoms with van der Waals surface area (Å²) in [6.45, 7) is 5.07. The summed E-state index contributed by atoms with van der Waals surface area (Å²) in [5.41, 5.74) is 1.43. The highest BCUT2D eigenvalue weighted by Gasteiger charge is 2.30. The van der Waals surface area contributed by atoms with Gasteiger partial charge in [-0.3, -0.25) is 4.79 Å². The second kappa shape index (κ2) is 6.49. The molecule has 4 heteroatoms. The minimum Gasteiger partial charge on any atom is -0.384 e. The van der Waals surface area contributed by atoms with Crippen molar-refractivity contribution in [2.75, 3.05) is 11.9 Å². The molecule has 110 valence electrons. The molecule has 0 spiro atoms. The van der Waals surface area contributed by atoms with Gasteiger partial charge >= 0.3 is 0 Å². The SMILES string of the molecule is CCCNc1ccc(Cl)cc1C(=O)NC1(C)CCCC1. The number of benzene rings is 1. The van der Waals surface area contributed by atoms with Crippen LogP contribution in [-0.2, 0) is 0 Å². The third kappa shape index (κ3) is 3.66. The average molecular weight is 295 g/mol. The maximum absolute atomic E-state index is 12.5. The van der Waals surface area contributed by atoms with Gasteiger partial charge in [-0.2, -0.15) is 0 Å². The zero-order valence-corrected chi connectivity index (χ0v) is 13.0. The van der Waals surface area contributed by atoms with Crippen LogP contribution in [0.5, 0.6) is 0 Å². The summed E-state index contributed by atoms with van der Waals surface area (Å²) in [7, 11) is 0. The van der Waals surface area contributed by atoms with Crippen LogP contribution < -0.4 is 10.6 Å². The molecule has 20 heavy (non-hydrogen) atoms. The summed E-state index contributed by atoms with van der Waals surface area (Å²) in [5.74, 6) is -0.0319. The van der Waals surface area contributed by atoms with E-state index in [2.05, 4.69) is 24.5 Å². The van der Waals surface area contributed by atoms with Gasteiger partial charge in [-0.25, -0.2) is 0 Å². The molecular weight excluding hydrogens is 272 g/mol. The first-order valence-corrected chi connectivity index (χ1v) is 7.78. The van der Waals surface area contributed by atoms with Crippen LogP contribution in [0.1, 0.15) is 56.3 Å². The highest BCUT2D eigenvalue weighted by molar-refractivity contribution is 6.31. The van der Waals surface area contributed by atoms with Crippen LogP contribution in [0.3, 0.4) is 0 Å². The van der Waals surface area contributed by atoms with E-state index in [0.717, 1.165) is 31.5 Å². The van der Waals surface area contributed by atoms with E-state index in [1.54, 1.807) is 6.07 Å². The lowest BCUT2D eigenvalue weighted by Gasteiger charge is -2.26. The van der Waals surface area contributed by atoms with E-state index in [1.807, 2.05) is 12.1 Å². The van der Waals surface area contributed by atoms with Gasteiger partial charge in [0, 0.05) is 22.8 Å². The first kappa shape index (κ1) is 15.2. The van der Waals surface area contributed by atoms with E-state index in [1.165, 1.54) is 12.8 Å². The zero-order chi connectivity index (χ0) is 14.6. The molecule has 0 bridgehead atoms. The predicted octanol–water partition coefficient (Wildman–Crippen LogP) is 4.22. The molecule has 1 aromatic rings. The molecule has 0 radical (unpaired) electrons. The van der Waals surface area contributed by atoms with E-state index in [0.29, 0.717) is 10.6 Å². The fourth-order valence-corrected chi connectivity index (χ4v) is 2.91. The predicted molar refractivity (Wildman–Crippen MR) is 84.6 cm³/mol. The van der Waals surface area contributed by atoms with Crippen LogP contribution >= 0.6 is 11.6 Å². The zero-order valence-electron chi connectivity index (χ0n) is 12.3. The lowest BCUT2D eigenvalue weighted by Crippen LogP contribution is -2.43. The van der Waals surface area contributed by atoms with Gasteiger partial charge in [-0.15, -0.1) is 0 Å². The van der Waals surface area contributed by atoms with E-state index >= 15 is 0 Å². The van der Waals surface area contributed by atoms with Gasteiger partial charge in [0.1, 0.15) is 0 Å². The number of rotatable bonds is 5. The third-order valence-electron chi connectivity index (χ3n) is 3.91. The van der Waals surface area contributed by atoms with Gasteiger partial charge in [0.25, 0.3) is 5.91 Å². The first-order valence-electron chi connectivity index (χ1n) is 7.40. The lowest BCUT2D eigenvalue weighted by atomic mass is 9.99. The van der Waals surface area contributed by atoms with Gasteiger partial charge in [0.2, 0.25) is 0 Å². The van der Waals surface area contributed by atoms with Crippen molar-refractivity contribution in [1.82, 2.24) is 5.32 Å². The van der Waals surface area contributed by atoms with Crippen molar-refractivity contribution in [2.45, 2.75) is 51.5 Å². The fourth-order valence-electron chi connectivity index (χ4n) is 2.74. The number of halogens is 1. The second-order valence-corrected chi connectivity index (χ2v) is 6.28. The minimum absolute atomic E-state index is 0.0319. The number of amides is 1. The summed E-state index contributed by atoms with van der Waals surface area (Å²) in [6, 6.07) is 5.44. The van der Waals surface area contributed by atoms with E-state index in [-0.39, 0.29) is 11.4 Å². The molecule has 0 unspecified atom stereocenters. The lowest BCUT2D eigenvalue weighted by molar-refractivity contribution is 0.0909. The summed E-state index contributed by atoms with van der Waals surface area (Å²) >= 11 is 6.04. The Morgan fingerprint density at radius 1 is 1.35 bits per heavy atom. The summed E-state index contributed by atoms with van der Waals surface area (Å²) in [5, 5.41) is 7.06.